The average molecular weight is 286 g/mol. The number of unbranched alkanes of at least 4 members (excludes halogenated alkanes) is 1. The molecule has 1 aromatic heterocycles. The first kappa shape index (κ1) is 15.9. The smallest absolute Gasteiger partial charge is 0.350 e. The first-order chi connectivity index (χ1) is 9.19. The van der Waals surface area contributed by atoms with Crippen LogP contribution >= 0.6 is 11.3 Å². The van der Waals surface area contributed by atoms with Gasteiger partial charge in [-0.3, -0.25) is 0 Å². The Hall–Kier alpha value is -1.14. The lowest BCUT2D eigenvalue weighted by Crippen LogP contribution is -2.06. The van der Waals surface area contributed by atoms with E-state index in [4.69, 9.17) is 9.47 Å². The van der Waals surface area contributed by atoms with E-state index in [-0.39, 0.29) is 5.97 Å². The molecule has 0 bridgehead atoms. The van der Waals surface area contributed by atoms with Crippen LogP contribution in [-0.4, -0.2) is 37.8 Å². The molecule has 0 aliphatic heterocycles. The summed E-state index contributed by atoms with van der Waals surface area (Å²) in [6.07, 6.45) is 3.20. The number of anilines is 1. The fraction of sp³-hybridized carbons (Fsp3) is 0.692. The maximum absolute atomic E-state index is 11.4. The van der Waals surface area contributed by atoms with Gasteiger partial charge in [0.05, 0.1) is 12.8 Å². The van der Waals surface area contributed by atoms with Gasteiger partial charge in [-0.05, 0) is 19.8 Å². The molecule has 108 valence electrons. The summed E-state index contributed by atoms with van der Waals surface area (Å²) in [5.74, 6) is -0.328. The van der Waals surface area contributed by atoms with Crippen LogP contribution in [0, 0.1) is 6.92 Å². The number of rotatable bonds is 9. The molecule has 1 rings (SSSR count). The van der Waals surface area contributed by atoms with Crippen molar-refractivity contribution in [2.24, 2.45) is 0 Å². The summed E-state index contributed by atoms with van der Waals surface area (Å²) in [6, 6.07) is 0. The van der Waals surface area contributed by atoms with E-state index in [0.717, 1.165) is 44.2 Å². The highest BCUT2D eigenvalue weighted by atomic mass is 32.1. The van der Waals surface area contributed by atoms with E-state index in [9.17, 15) is 4.79 Å². The zero-order chi connectivity index (χ0) is 14.1. The minimum atomic E-state index is -0.328. The van der Waals surface area contributed by atoms with Crippen molar-refractivity contribution in [1.82, 2.24) is 4.98 Å². The molecular formula is C13H22N2O3S. The number of carbonyl (C=O) groups is 1. The van der Waals surface area contributed by atoms with Gasteiger partial charge >= 0.3 is 5.97 Å². The van der Waals surface area contributed by atoms with E-state index in [1.165, 1.54) is 18.4 Å². The van der Waals surface area contributed by atoms with Crippen LogP contribution < -0.4 is 5.32 Å². The Morgan fingerprint density at radius 1 is 1.37 bits per heavy atom. The van der Waals surface area contributed by atoms with Crippen molar-refractivity contribution in [2.75, 3.05) is 32.2 Å². The Kier molecular flexibility index (Phi) is 7.43. The number of hydrogen-bond donors (Lipinski definition) is 1. The maximum Gasteiger partial charge on any atom is 0.350 e. The van der Waals surface area contributed by atoms with Gasteiger partial charge in [0.25, 0.3) is 0 Å². The summed E-state index contributed by atoms with van der Waals surface area (Å²) >= 11 is 1.33. The summed E-state index contributed by atoms with van der Waals surface area (Å²) in [5, 5.41) is 3.95. The van der Waals surface area contributed by atoms with E-state index >= 15 is 0 Å². The van der Waals surface area contributed by atoms with E-state index in [0.29, 0.717) is 10.6 Å². The van der Waals surface area contributed by atoms with E-state index in [1.54, 1.807) is 0 Å². The van der Waals surface area contributed by atoms with Crippen molar-refractivity contribution >= 4 is 22.4 Å². The van der Waals surface area contributed by atoms with Crippen LogP contribution in [0.3, 0.4) is 0 Å². The summed E-state index contributed by atoms with van der Waals surface area (Å²) in [4.78, 5) is 16.3. The third-order valence-corrected chi connectivity index (χ3v) is 3.65. The maximum atomic E-state index is 11.4. The number of aromatic nitrogens is 1. The number of nitrogens with zero attached hydrogens (tertiary/aromatic N) is 1. The number of esters is 1. The Bertz CT molecular complexity index is 393. The standard InChI is InChI=1S/C13H22N2O3S/c1-4-5-8-18-9-6-7-14-13-15-10(2)11(19-13)12(16)17-3/h4-9H2,1-3H3,(H,14,15). The molecule has 0 unspecified atom stereocenters. The first-order valence-corrected chi connectivity index (χ1v) is 7.38. The fourth-order valence-corrected chi connectivity index (χ4v) is 2.38. The lowest BCUT2D eigenvalue weighted by Gasteiger charge is -2.03. The van der Waals surface area contributed by atoms with Crippen LogP contribution in [0.25, 0.3) is 0 Å². The van der Waals surface area contributed by atoms with Crippen molar-refractivity contribution in [1.29, 1.82) is 0 Å². The van der Waals surface area contributed by atoms with Gasteiger partial charge in [-0.1, -0.05) is 24.7 Å². The number of ether oxygens (including phenoxy) is 2. The van der Waals surface area contributed by atoms with Crippen LogP contribution in [0.4, 0.5) is 5.13 Å². The van der Waals surface area contributed by atoms with Crippen molar-refractivity contribution in [2.45, 2.75) is 33.1 Å². The highest BCUT2D eigenvalue weighted by molar-refractivity contribution is 7.17. The molecule has 0 atom stereocenters. The zero-order valence-electron chi connectivity index (χ0n) is 11.8. The van der Waals surface area contributed by atoms with Crippen molar-refractivity contribution < 1.29 is 14.3 Å². The van der Waals surface area contributed by atoms with Gasteiger partial charge in [0.1, 0.15) is 4.88 Å². The molecule has 0 radical (unpaired) electrons. The first-order valence-electron chi connectivity index (χ1n) is 6.56. The minimum Gasteiger partial charge on any atom is -0.465 e. The lowest BCUT2D eigenvalue weighted by atomic mass is 10.4. The molecule has 0 aliphatic rings. The average Bonchev–Trinajstić information content (AvgIpc) is 2.78. The second kappa shape index (κ2) is 8.87. The molecule has 6 heteroatoms. The Labute approximate surface area is 118 Å². The Morgan fingerprint density at radius 2 is 2.11 bits per heavy atom. The van der Waals surface area contributed by atoms with Gasteiger partial charge in [-0.15, -0.1) is 0 Å². The zero-order valence-corrected chi connectivity index (χ0v) is 12.6. The number of carbonyl (C=O) groups excluding carboxylic acids is 1. The molecule has 0 aromatic carbocycles. The van der Waals surface area contributed by atoms with Gasteiger partial charge in [-0.2, -0.15) is 0 Å². The molecule has 1 aromatic rings. The van der Waals surface area contributed by atoms with Gasteiger partial charge < -0.3 is 14.8 Å². The minimum absolute atomic E-state index is 0.328. The van der Waals surface area contributed by atoms with Crippen LogP contribution in [-0.2, 0) is 9.47 Å². The monoisotopic (exact) mass is 286 g/mol. The van der Waals surface area contributed by atoms with Crippen LogP contribution in [0.15, 0.2) is 0 Å². The number of nitrogens with one attached hydrogen (secondary N) is 1. The molecule has 1 N–H and O–H groups in total. The third-order valence-electron chi connectivity index (χ3n) is 2.55. The molecule has 0 aliphatic carbocycles. The van der Waals surface area contributed by atoms with Crippen LogP contribution in [0.5, 0.6) is 0 Å². The second-order valence-corrected chi connectivity index (χ2v) is 5.17. The van der Waals surface area contributed by atoms with E-state index in [1.807, 2.05) is 6.92 Å². The van der Waals surface area contributed by atoms with Gasteiger partial charge in [-0.25, -0.2) is 9.78 Å². The molecular weight excluding hydrogens is 264 g/mol. The molecule has 0 amide bonds. The largest absolute Gasteiger partial charge is 0.465 e. The van der Waals surface area contributed by atoms with E-state index < -0.39 is 0 Å². The number of thiazole rings is 1. The normalized spacial score (nSPS) is 10.5. The lowest BCUT2D eigenvalue weighted by molar-refractivity contribution is 0.0605. The molecule has 0 spiro atoms. The fourth-order valence-electron chi connectivity index (χ4n) is 1.47. The molecule has 5 nitrogen and oxygen atoms in total. The number of methoxy groups -OCH3 is 1. The van der Waals surface area contributed by atoms with Crippen LogP contribution in [0.1, 0.15) is 41.6 Å². The summed E-state index contributed by atoms with van der Waals surface area (Å²) in [6.45, 7) is 6.33. The van der Waals surface area contributed by atoms with Crippen LogP contribution in [0.2, 0.25) is 0 Å². The predicted octanol–water partition coefficient (Wildman–Crippen LogP) is 2.86. The third kappa shape index (κ3) is 5.57. The Morgan fingerprint density at radius 3 is 2.79 bits per heavy atom. The molecule has 0 fully saturated rings. The highest BCUT2D eigenvalue weighted by Crippen LogP contribution is 2.22. The molecule has 19 heavy (non-hydrogen) atoms. The van der Waals surface area contributed by atoms with E-state index in [2.05, 4.69) is 17.2 Å². The van der Waals surface area contributed by atoms with Gasteiger partial charge in [0, 0.05) is 19.8 Å². The number of hydrogen-bond acceptors (Lipinski definition) is 6. The SMILES string of the molecule is CCCCOCCCNc1nc(C)c(C(=O)OC)s1. The summed E-state index contributed by atoms with van der Waals surface area (Å²) < 4.78 is 10.2. The molecule has 1 heterocycles. The van der Waals surface area contributed by atoms with Crippen molar-refractivity contribution in [3.05, 3.63) is 10.6 Å². The van der Waals surface area contributed by atoms with Gasteiger partial charge in [0.2, 0.25) is 0 Å². The molecule has 0 saturated heterocycles. The quantitative estimate of drug-likeness (QED) is 0.559. The predicted molar refractivity (Wildman–Crippen MR) is 77.0 cm³/mol. The van der Waals surface area contributed by atoms with Crippen molar-refractivity contribution in [3.63, 3.8) is 0 Å². The summed E-state index contributed by atoms with van der Waals surface area (Å²) in [7, 11) is 1.38. The van der Waals surface area contributed by atoms with Crippen molar-refractivity contribution in [3.8, 4) is 0 Å². The second-order valence-electron chi connectivity index (χ2n) is 4.17. The molecule has 0 saturated carbocycles. The Balaban J connectivity index is 2.25. The van der Waals surface area contributed by atoms with Gasteiger partial charge in [0.15, 0.2) is 5.13 Å². The summed E-state index contributed by atoms with van der Waals surface area (Å²) in [5.41, 5.74) is 0.707. The highest BCUT2D eigenvalue weighted by Gasteiger charge is 2.15. The number of aryl methyl sites for hydroxylation is 1. The topological polar surface area (TPSA) is 60.5 Å².